The molecule has 1 aromatic rings. The van der Waals surface area contributed by atoms with Crippen LogP contribution in [0.5, 0.6) is 0 Å². The minimum atomic E-state index is -4.41. The van der Waals surface area contributed by atoms with Crippen LogP contribution >= 0.6 is 0 Å². The molecule has 1 N–H and O–H groups in total. The Morgan fingerprint density at radius 3 is 2.85 bits per heavy atom. The fourth-order valence-corrected chi connectivity index (χ4v) is 2.13. The molecular formula is C14H15F3N2O. The van der Waals surface area contributed by atoms with Gasteiger partial charge in [-0.15, -0.1) is 0 Å². The summed E-state index contributed by atoms with van der Waals surface area (Å²) in [5.41, 5.74) is -0.631. The first-order chi connectivity index (χ1) is 9.41. The van der Waals surface area contributed by atoms with E-state index in [4.69, 9.17) is 0 Å². The number of anilines is 1. The van der Waals surface area contributed by atoms with Crippen LogP contribution in [0.1, 0.15) is 18.9 Å². The van der Waals surface area contributed by atoms with Gasteiger partial charge in [0.05, 0.1) is 11.6 Å². The highest BCUT2D eigenvalue weighted by Gasteiger charge is 2.31. The second-order valence-corrected chi connectivity index (χ2v) is 4.56. The zero-order chi connectivity index (χ0) is 14.8. The van der Waals surface area contributed by atoms with Crippen LogP contribution in [0.15, 0.2) is 36.4 Å². The zero-order valence-electron chi connectivity index (χ0n) is 10.9. The number of amides is 2. The normalized spacial score (nSPS) is 18.4. The van der Waals surface area contributed by atoms with Crippen LogP contribution in [-0.4, -0.2) is 23.5 Å². The minimum absolute atomic E-state index is 0.000740. The Labute approximate surface area is 115 Å². The Kier molecular flexibility index (Phi) is 4.01. The predicted octanol–water partition coefficient (Wildman–Crippen LogP) is 3.89. The topological polar surface area (TPSA) is 32.3 Å². The Morgan fingerprint density at radius 2 is 2.20 bits per heavy atom. The number of hydrogen-bond donors (Lipinski definition) is 1. The molecule has 6 heteroatoms. The van der Waals surface area contributed by atoms with Crippen LogP contribution < -0.4 is 5.32 Å². The Hall–Kier alpha value is -1.98. The third-order valence-electron chi connectivity index (χ3n) is 3.18. The number of urea groups is 1. The molecule has 1 heterocycles. The second-order valence-electron chi connectivity index (χ2n) is 4.56. The molecule has 3 nitrogen and oxygen atoms in total. The van der Waals surface area contributed by atoms with Crippen molar-refractivity contribution in [1.82, 2.24) is 4.90 Å². The van der Waals surface area contributed by atoms with Crippen LogP contribution in [-0.2, 0) is 6.18 Å². The summed E-state index contributed by atoms with van der Waals surface area (Å²) >= 11 is 0. The van der Waals surface area contributed by atoms with Gasteiger partial charge in [0, 0.05) is 12.2 Å². The van der Waals surface area contributed by atoms with Crippen molar-refractivity contribution < 1.29 is 18.0 Å². The zero-order valence-corrected chi connectivity index (χ0v) is 10.9. The molecule has 1 aromatic carbocycles. The number of halogens is 3. The van der Waals surface area contributed by atoms with Gasteiger partial charge < -0.3 is 10.2 Å². The highest BCUT2D eigenvalue weighted by atomic mass is 19.4. The van der Waals surface area contributed by atoms with Gasteiger partial charge >= 0.3 is 12.2 Å². The molecule has 1 unspecified atom stereocenters. The summed E-state index contributed by atoms with van der Waals surface area (Å²) in [6, 6.07) is 4.24. The molecule has 1 atom stereocenters. The van der Waals surface area contributed by atoms with Crippen molar-refractivity contribution in [1.29, 1.82) is 0 Å². The van der Waals surface area contributed by atoms with Crippen molar-refractivity contribution >= 4 is 11.7 Å². The fourth-order valence-electron chi connectivity index (χ4n) is 2.13. The molecule has 1 aliphatic heterocycles. The lowest BCUT2D eigenvalue weighted by Crippen LogP contribution is -2.38. The van der Waals surface area contributed by atoms with E-state index < -0.39 is 11.7 Å². The number of benzene rings is 1. The van der Waals surface area contributed by atoms with Crippen molar-refractivity contribution in [2.24, 2.45) is 0 Å². The SMILES string of the molecule is CCC1C=CCN1C(=O)Nc1cccc(C(F)(F)F)c1. The maximum absolute atomic E-state index is 12.6. The van der Waals surface area contributed by atoms with E-state index in [9.17, 15) is 18.0 Å². The third-order valence-corrected chi connectivity index (χ3v) is 3.18. The average Bonchev–Trinajstić information content (AvgIpc) is 2.86. The van der Waals surface area contributed by atoms with Crippen LogP contribution in [0.4, 0.5) is 23.7 Å². The predicted molar refractivity (Wildman–Crippen MR) is 70.4 cm³/mol. The number of nitrogens with zero attached hydrogens (tertiary/aromatic N) is 1. The van der Waals surface area contributed by atoms with Gasteiger partial charge in [0.1, 0.15) is 0 Å². The van der Waals surface area contributed by atoms with E-state index >= 15 is 0 Å². The van der Waals surface area contributed by atoms with E-state index in [1.165, 1.54) is 12.1 Å². The van der Waals surface area contributed by atoms with Gasteiger partial charge in [-0.1, -0.05) is 25.1 Å². The molecule has 0 saturated carbocycles. The van der Waals surface area contributed by atoms with Crippen molar-refractivity contribution in [3.05, 3.63) is 42.0 Å². The highest BCUT2D eigenvalue weighted by Crippen LogP contribution is 2.30. The molecule has 1 aliphatic rings. The molecule has 0 aromatic heterocycles. The first-order valence-corrected chi connectivity index (χ1v) is 6.33. The van der Waals surface area contributed by atoms with Crippen molar-refractivity contribution in [2.45, 2.75) is 25.6 Å². The molecule has 108 valence electrons. The lowest BCUT2D eigenvalue weighted by molar-refractivity contribution is -0.137. The highest BCUT2D eigenvalue weighted by molar-refractivity contribution is 5.90. The Balaban J connectivity index is 2.09. The lowest BCUT2D eigenvalue weighted by atomic mass is 10.2. The summed E-state index contributed by atoms with van der Waals surface area (Å²) in [5.74, 6) is 0. The van der Waals surface area contributed by atoms with Crippen LogP contribution in [0.3, 0.4) is 0 Å². The maximum Gasteiger partial charge on any atom is 0.416 e. The summed E-state index contributed by atoms with van der Waals surface area (Å²) in [7, 11) is 0. The molecule has 0 radical (unpaired) electrons. The number of carbonyl (C=O) groups excluding carboxylic acids is 1. The third kappa shape index (κ3) is 3.12. The molecule has 20 heavy (non-hydrogen) atoms. The van der Waals surface area contributed by atoms with Gasteiger partial charge in [-0.05, 0) is 24.6 Å². The summed E-state index contributed by atoms with van der Waals surface area (Å²) in [6.45, 7) is 2.42. The van der Waals surface area contributed by atoms with E-state index in [1.54, 1.807) is 4.90 Å². The fraction of sp³-hybridized carbons (Fsp3) is 0.357. The molecule has 2 amide bonds. The lowest BCUT2D eigenvalue weighted by Gasteiger charge is -2.24. The van der Waals surface area contributed by atoms with Gasteiger partial charge in [0.25, 0.3) is 0 Å². The summed E-state index contributed by atoms with van der Waals surface area (Å²) in [6.07, 6.45) is 0.153. The van der Waals surface area contributed by atoms with Gasteiger partial charge in [0.15, 0.2) is 0 Å². The molecule has 0 aliphatic carbocycles. The molecule has 0 fully saturated rings. The Bertz CT molecular complexity index is 525. The van der Waals surface area contributed by atoms with Gasteiger partial charge in [0.2, 0.25) is 0 Å². The van der Waals surface area contributed by atoms with Crippen LogP contribution in [0, 0.1) is 0 Å². The maximum atomic E-state index is 12.6. The standard InChI is InChI=1S/C14H15F3N2O/c1-2-12-7-4-8-19(12)13(20)18-11-6-3-5-10(9-11)14(15,16)17/h3-7,9,12H,2,8H2,1H3,(H,18,20). The van der Waals surface area contributed by atoms with Crippen LogP contribution in [0.2, 0.25) is 0 Å². The molecule has 2 rings (SSSR count). The number of hydrogen-bond acceptors (Lipinski definition) is 1. The molecule has 0 saturated heterocycles. The van der Waals surface area contributed by atoms with Crippen molar-refractivity contribution in [2.75, 3.05) is 11.9 Å². The number of nitrogens with one attached hydrogen (secondary N) is 1. The number of rotatable bonds is 2. The minimum Gasteiger partial charge on any atom is -0.314 e. The quantitative estimate of drug-likeness (QED) is 0.821. The van der Waals surface area contributed by atoms with Gasteiger partial charge in [-0.2, -0.15) is 13.2 Å². The van der Waals surface area contributed by atoms with Gasteiger partial charge in [-0.3, -0.25) is 0 Å². The van der Waals surface area contributed by atoms with Crippen molar-refractivity contribution in [3.63, 3.8) is 0 Å². The van der Waals surface area contributed by atoms with Gasteiger partial charge in [-0.25, -0.2) is 4.79 Å². The second kappa shape index (κ2) is 5.56. The van der Waals surface area contributed by atoms with E-state index in [-0.39, 0.29) is 17.8 Å². The van der Waals surface area contributed by atoms with E-state index in [0.717, 1.165) is 18.6 Å². The summed E-state index contributed by atoms with van der Waals surface area (Å²) < 4.78 is 37.8. The largest absolute Gasteiger partial charge is 0.416 e. The number of carbonyl (C=O) groups is 1. The van der Waals surface area contributed by atoms with Crippen molar-refractivity contribution in [3.8, 4) is 0 Å². The first kappa shape index (κ1) is 14.4. The summed E-state index contributed by atoms with van der Waals surface area (Å²) in [5, 5.41) is 2.51. The smallest absolute Gasteiger partial charge is 0.314 e. The summed E-state index contributed by atoms with van der Waals surface area (Å²) in [4.78, 5) is 13.6. The first-order valence-electron chi connectivity index (χ1n) is 6.33. The monoisotopic (exact) mass is 284 g/mol. The average molecular weight is 284 g/mol. The van der Waals surface area contributed by atoms with E-state index in [1.807, 2.05) is 19.1 Å². The van der Waals surface area contributed by atoms with E-state index in [2.05, 4.69) is 5.32 Å². The van der Waals surface area contributed by atoms with E-state index in [0.29, 0.717) is 6.54 Å². The number of alkyl halides is 3. The molecule has 0 bridgehead atoms. The molecular weight excluding hydrogens is 269 g/mol. The molecule has 0 spiro atoms. The van der Waals surface area contributed by atoms with Crippen LogP contribution in [0.25, 0.3) is 0 Å². The Morgan fingerprint density at radius 1 is 1.45 bits per heavy atom.